The van der Waals surface area contributed by atoms with Crippen LogP contribution in [0.3, 0.4) is 0 Å². The molecule has 0 radical (unpaired) electrons. The molecule has 2 aliphatic rings. The molecule has 1 saturated heterocycles. The van der Waals surface area contributed by atoms with Crippen molar-refractivity contribution in [2.45, 2.75) is 56.5 Å². The lowest BCUT2D eigenvalue weighted by atomic mass is 9.72. The Bertz CT molecular complexity index is 760. The minimum Gasteiger partial charge on any atom is -0.204 e. The first-order valence-electron chi connectivity index (χ1n) is 10.3. The lowest BCUT2D eigenvalue weighted by molar-refractivity contribution is 0.217. The van der Waals surface area contributed by atoms with Gasteiger partial charge in [0.1, 0.15) is 8.11 Å². The van der Waals surface area contributed by atoms with E-state index in [2.05, 4.69) is 12.1 Å². The van der Waals surface area contributed by atoms with Crippen molar-refractivity contribution in [2.75, 3.05) is 0 Å². The Labute approximate surface area is 167 Å². The molecule has 0 aromatic heterocycles. The molecule has 0 atom stereocenters. The van der Waals surface area contributed by atoms with E-state index in [0.29, 0.717) is 5.92 Å². The molecule has 0 unspecified atom stereocenters. The fraction of sp³-hybridized carbons (Fsp3) is 0.478. The van der Waals surface area contributed by atoms with E-state index in [0.717, 1.165) is 23.0 Å². The van der Waals surface area contributed by atoms with E-state index in [-0.39, 0.29) is 0 Å². The van der Waals surface area contributed by atoms with Crippen molar-refractivity contribution in [2.24, 2.45) is 11.8 Å². The van der Waals surface area contributed by atoms with Crippen molar-refractivity contribution in [1.82, 2.24) is 0 Å². The van der Waals surface area contributed by atoms with E-state index < -0.39 is 19.7 Å². The maximum atomic E-state index is 13.5. The van der Waals surface area contributed by atoms with E-state index in [1.54, 1.807) is 6.07 Å². The van der Waals surface area contributed by atoms with E-state index in [9.17, 15) is 8.78 Å². The molecule has 2 fully saturated rings. The van der Waals surface area contributed by atoms with Gasteiger partial charge < -0.3 is 0 Å². The molecule has 0 amide bonds. The minimum absolute atomic E-state index is 0.638. The van der Waals surface area contributed by atoms with Crippen molar-refractivity contribution in [1.29, 1.82) is 0 Å². The third-order valence-electron chi connectivity index (χ3n) is 6.77. The quantitative estimate of drug-likeness (QED) is 0.372. The van der Waals surface area contributed by atoms with E-state index in [4.69, 9.17) is 11.1 Å². The summed E-state index contributed by atoms with van der Waals surface area (Å²) in [5, 5.41) is 0. The lowest BCUT2D eigenvalue weighted by Gasteiger charge is -2.36. The highest BCUT2D eigenvalue weighted by molar-refractivity contribution is 7.07. The first-order chi connectivity index (χ1) is 13.1. The Kier molecular flexibility index (Phi) is 5.98. The topological polar surface area (TPSA) is 0 Å². The largest absolute Gasteiger partial charge is 0.204 e. The van der Waals surface area contributed by atoms with Crippen LogP contribution < -0.4 is 0 Å². The summed E-state index contributed by atoms with van der Waals surface area (Å²) in [5.41, 5.74) is 3.05. The van der Waals surface area contributed by atoms with Gasteiger partial charge in [-0.05, 0) is 84.3 Å². The predicted molar refractivity (Wildman–Crippen MR) is 112 cm³/mol. The zero-order valence-corrected chi connectivity index (χ0v) is 17.6. The fourth-order valence-electron chi connectivity index (χ4n) is 5.10. The van der Waals surface area contributed by atoms with Crippen LogP contribution in [0.2, 0.25) is 12.1 Å². The molecule has 2 aromatic carbocycles. The summed E-state index contributed by atoms with van der Waals surface area (Å²) >= 11 is 6.40. The molecule has 144 valence electrons. The Hall–Kier alpha value is -1.19. The molecule has 4 heteroatoms. The van der Waals surface area contributed by atoms with Crippen molar-refractivity contribution in [3.8, 4) is 11.1 Å². The highest BCUT2D eigenvalue weighted by Gasteiger charge is 2.31. The van der Waals surface area contributed by atoms with Crippen LogP contribution in [0.25, 0.3) is 11.1 Å². The normalized spacial score (nSPS) is 28.9. The van der Waals surface area contributed by atoms with Crippen LogP contribution in [0, 0.1) is 23.5 Å². The zero-order valence-electron chi connectivity index (χ0n) is 15.6. The molecule has 0 spiro atoms. The summed E-state index contributed by atoms with van der Waals surface area (Å²) in [5.74, 6) is 0.874. The van der Waals surface area contributed by atoms with Gasteiger partial charge in [0.2, 0.25) is 0 Å². The molecule has 27 heavy (non-hydrogen) atoms. The molecule has 1 aliphatic carbocycles. The molecule has 0 nitrogen and oxygen atoms in total. The maximum absolute atomic E-state index is 13.5. The SMILES string of the molecule is Fc1ccc(-c2ccc(C3CCC([C@H]4CC[Si@H](Cl)CC4)CC3)cc2)cc1F. The van der Waals surface area contributed by atoms with Crippen LogP contribution in [0.1, 0.15) is 50.0 Å². The second-order valence-corrected chi connectivity index (χ2v) is 12.6. The molecule has 1 aliphatic heterocycles. The number of rotatable bonds is 3. The van der Waals surface area contributed by atoms with Gasteiger partial charge in [-0.3, -0.25) is 0 Å². The third kappa shape index (κ3) is 4.46. The average Bonchev–Trinajstić information content (AvgIpc) is 2.71. The van der Waals surface area contributed by atoms with Crippen LogP contribution >= 0.6 is 11.1 Å². The van der Waals surface area contributed by atoms with Crippen molar-refractivity contribution in [3.05, 3.63) is 59.7 Å². The van der Waals surface area contributed by atoms with E-state index >= 15 is 0 Å². The first kappa shape index (κ1) is 19.1. The van der Waals surface area contributed by atoms with Gasteiger partial charge in [0.25, 0.3) is 0 Å². The average molecular weight is 405 g/mol. The molecular formula is C23H27ClF2Si. The number of hydrogen-bond acceptors (Lipinski definition) is 0. The van der Waals surface area contributed by atoms with Gasteiger partial charge in [0, 0.05) is 0 Å². The van der Waals surface area contributed by atoms with Crippen LogP contribution in [-0.2, 0) is 0 Å². The van der Waals surface area contributed by atoms with Gasteiger partial charge in [0.05, 0.1) is 0 Å². The Morgan fingerprint density at radius 1 is 0.704 bits per heavy atom. The summed E-state index contributed by atoms with van der Waals surface area (Å²) in [7, 11) is -0.858. The summed E-state index contributed by atoms with van der Waals surface area (Å²) in [6.07, 6.45) is 7.97. The maximum Gasteiger partial charge on any atom is 0.159 e. The highest BCUT2D eigenvalue weighted by Crippen LogP contribution is 2.43. The molecular weight excluding hydrogens is 378 g/mol. The van der Waals surface area contributed by atoms with Crippen LogP contribution in [0.5, 0.6) is 0 Å². The van der Waals surface area contributed by atoms with Crippen LogP contribution in [0.4, 0.5) is 8.78 Å². The molecule has 1 heterocycles. The lowest BCUT2D eigenvalue weighted by Crippen LogP contribution is -2.26. The van der Waals surface area contributed by atoms with Crippen molar-refractivity contribution in [3.63, 3.8) is 0 Å². The number of benzene rings is 2. The van der Waals surface area contributed by atoms with Crippen molar-refractivity contribution < 1.29 is 8.78 Å². The molecule has 4 rings (SSSR count). The van der Waals surface area contributed by atoms with E-state index in [1.165, 1.54) is 68.3 Å². The van der Waals surface area contributed by atoms with Crippen LogP contribution in [-0.4, -0.2) is 8.11 Å². The predicted octanol–water partition coefficient (Wildman–Crippen LogP) is 7.28. The third-order valence-corrected chi connectivity index (χ3v) is 10.0. The van der Waals surface area contributed by atoms with Gasteiger partial charge in [0.15, 0.2) is 11.6 Å². The summed E-state index contributed by atoms with van der Waals surface area (Å²) in [4.78, 5) is 0. The minimum atomic E-state index is -0.858. The summed E-state index contributed by atoms with van der Waals surface area (Å²) < 4.78 is 26.6. The monoisotopic (exact) mass is 404 g/mol. The van der Waals surface area contributed by atoms with Gasteiger partial charge in [-0.15, -0.1) is 0 Å². The second-order valence-electron chi connectivity index (χ2n) is 8.37. The van der Waals surface area contributed by atoms with Crippen molar-refractivity contribution >= 4 is 19.2 Å². The second kappa shape index (κ2) is 8.44. The van der Waals surface area contributed by atoms with Crippen LogP contribution in [0.15, 0.2) is 42.5 Å². The van der Waals surface area contributed by atoms with Gasteiger partial charge in [-0.25, -0.2) is 8.78 Å². The summed E-state index contributed by atoms with van der Waals surface area (Å²) in [6.45, 7) is 0. The number of halogens is 3. The molecule has 1 saturated carbocycles. The number of hydrogen-bond donors (Lipinski definition) is 0. The van der Waals surface area contributed by atoms with Gasteiger partial charge in [-0.1, -0.05) is 43.2 Å². The first-order valence-corrected chi connectivity index (χ1v) is 13.7. The van der Waals surface area contributed by atoms with Gasteiger partial charge in [-0.2, -0.15) is 11.1 Å². The molecule has 0 N–H and O–H groups in total. The Morgan fingerprint density at radius 3 is 1.93 bits per heavy atom. The molecule has 0 bridgehead atoms. The fourth-order valence-corrected chi connectivity index (χ4v) is 7.72. The van der Waals surface area contributed by atoms with E-state index in [1.807, 2.05) is 12.1 Å². The Morgan fingerprint density at radius 2 is 1.30 bits per heavy atom. The Balaban J connectivity index is 1.36. The standard InChI is InChI=1S/C23H27ClF2Si/c24-27-13-11-20(12-14-27)18-3-1-16(2-4-18)17-5-7-19(8-6-17)21-9-10-22(25)23(26)15-21/h5-10,15-16,18,20,27H,1-4,11-14H2/t16?,18?,20-,27-. The van der Waals surface area contributed by atoms with Gasteiger partial charge >= 0.3 is 0 Å². The highest BCUT2D eigenvalue weighted by atomic mass is 35.6. The zero-order chi connectivity index (χ0) is 18.8. The molecule has 2 aromatic rings. The summed E-state index contributed by atoms with van der Waals surface area (Å²) in [6, 6.07) is 15.2. The smallest absolute Gasteiger partial charge is 0.159 e.